The second-order valence-electron chi connectivity index (χ2n) is 5.25. The quantitative estimate of drug-likeness (QED) is 0.625. The maximum atomic E-state index is 13.3. The molecule has 1 rings (SSSR count). The normalized spacial score (nSPS) is 12.5. The SMILES string of the molecule is CC(=O)N[C@H](Cc1cccc(F)c1)C(=O)N[C@@H](CCC#N)C(N)=O. The van der Waals surface area contributed by atoms with Crippen LogP contribution in [0.15, 0.2) is 24.3 Å². The van der Waals surface area contributed by atoms with Crippen molar-refractivity contribution < 1.29 is 18.8 Å². The molecule has 0 bridgehead atoms. The Labute approximate surface area is 139 Å². The molecule has 4 N–H and O–H groups in total. The molecule has 0 aliphatic rings. The number of nitrogens with two attached hydrogens (primary N) is 1. The average Bonchev–Trinajstić information content (AvgIpc) is 2.49. The third-order valence-electron chi connectivity index (χ3n) is 3.23. The van der Waals surface area contributed by atoms with Gasteiger partial charge in [0, 0.05) is 19.8 Å². The van der Waals surface area contributed by atoms with Crippen molar-refractivity contribution in [2.45, 2.75) is 38.3 Å². The zero-order valence-corrected chi connectivity index (χ0v) is 13.2. The van der Waals surface area contributed by atoms with Gasteiger partial charge in [-0.2, -0.15) is 5.26 Å². The lowest BCUT2D eigenvalue weighted by Gasteiger charge is -2.21. The first-order valence-corrected chi connectivity index (χ1v) is 7.31. The molecule has 2 atom stereocenters. The van der Waals surface area contributed by atoms with Crippen LogP contribution in [-0.4, -0.2) is 29.8 Å². The second kappa shape index (κ2) is 9.25. The van der Waals surface area contributed by atoms with Crippen molar-refractivity contribution in [3.05, 3.63) is 35.6 Å². The lowest BCUT2D eigenvalue weighted by atomic mass is 10.0. The van der Waals surface area contributed by atoms with E-state index in [1.165, 1.54) is 25.1 Å². The Morgan fingerprint density at radius 3 is 2.54 bits per heavy atom. The smallest absolute Gasteiger partial charge is 0.243 e. The second-order valence-corrected chi connectivity index (χ2v) is 5.25. The highest BCUT2D eigenvalue weighted by Gasteiger charge is 2.25. The van der Waals surface area contributed by atoms with Crippen LogP contribution in [0.3, 0.4) is 0 Å². The van der Waals surface area contributed by atoms with E-state index in [0.717, 1.165) is 0 Å². The summed E-state index contributed by atoms with van der Waals surface area (Å²) < 4.78 is 13.3. The number of rotatable bonds is 8. The van der Waals surface area contributed by atoms with E-state index < -0.39 is 35.6 Å². The molecule has 128 valence electrons. The van der Waals surface area contributed by atoms with Gasteiger partial charge in [0.25, 0.3) is 0 Å². The largest absolute Gasteiger partial charge is 0.368 e. The van der Waals surface area contributed by atoms with Gasteiger partial charge in [-0.1, -0.05) is 12.1 Å². The average molecular weight is 334 g/mol. The molecule has 0 aliphatic heterocycles. The Morgan fingerprint density at radius 1 is 1.29 bits per heavy atom. The predicted molar refractivity (Wildman–Crippen MR) is 83.7 cm³/mol. The van der Waals surface area contributed by atoms with Crippen molar-refractivity contribution >= 4 is 17.7 Å². The number of amides is 3. The number of nitrogens with one attached hydrogen (secondary N) is 2. The first-order chi connectivity index (χ1) is 11.3. The molecule has 7 nitrogen and oxygen atoms in total. The molecule has 3 amide bonds. The molecule has 24 heavy (non-hydrogen) atoms. The molecule has 0 saturated carbocycles. The number of benzene rings is 1. The first-order valence-electron chi connectivity index (χ1n) is 7.31. The summed E-state index contributed by atoms with van der Waals surface area (Å²) in [5.41, 5.74) is 5.71. The van der Waals surface area contributed by atoms with E-state index in [9.17, 15) is 18.8 Å². The Kier molecular flexibility index (Phi) is 7.36. The van der Waals surface area contributed by atoms with Crippen LogP contribution >= 0.6 is 0 Å². The molecule has 0 aliphatic carbocycles. The van der Waals surface area contributed by atoms with Gasteiger partial charge in [-0.3, -0.25) is 14.4 Å². The van der Waals surface area contributed by atoms with E-state index in [0.29, 0.717) is 5.56 Å². The number of nitrogens with zero attached hydrogens (tertiary/aromatic N) is 1. The van der Waals surface area contributed by atoms with Crippen molar-refractivity contribution in [2.24, 2.45) is 5.73 Å². The van der Waals surface area contributed by atoms with Gasteiger partial charge in [-0.25, -0.2) is 4.39 Å². The topological polar surface area (TPSA) is 125 Å². The Morgan fingerprint density at radius 2 is 2.00 bits per heavy atom. The molecule has 0 aromatic heterocycles. The minimum atomic E-state index is -1.01. The van der Waals surface area contributed by atoms with Gasteiger partial charge < -0.3 is 16.4 Å². The first kappa shape index (κ1) is 19.1. The van der Waals surface area contributed by atoms with Crippen molar-refractivity contribution in [2.75, 3.05) is 0 Å². The third kappa shape index (κ3) is 6.44. The zero-order valence-electron chi connectivity index (χ0n) is 13.2. The lowest BCUT2D eigenvalue weighted by Crippen LogP contribution is -2.53. The highest BCUT2D eigenvalue weighted by molar-refractivity contribution is 5.91. The zero-order chi connectivity index (χ0) is 18.1. The third-order valence-corrected chi connectivity index (χ3v) is 3.23. The van der Waals surface area contributed by atoms with E-state index in [1.807, 2.05) is 6.07 Å². The molecule has 0 radical (unpaired) electrons. The van der Waals surface area contributed by atoms with Crippen LogP contribution in [0.25, 0.3) is 0 Å². The highest BCUT2D eigenvalue weighted by atomic mass is 19.1. The van der Waals surface area contributed by atoms with Crippen molar-refractivity contribution in [1.29, 1.82) is 5.26 Å². The highest BCUT2D eigenvalue weighted by Crippen LogP contribution is 2.08. The Balaban J connectivity index is 2.85. The van der Waals surface area contributed by atoms with Crippen LogP contribution < -0.4 is 16.4 Å². The van der Waals surface area contributed by atoms with E-state index in [2.05, 4.69) is 10.6 Å². The summed E-state index contributed by atoms with van der Waals surface area (Å²) in [6.45, 7) is 1.24. The molecule has 0 spiro atoms. The van der Waals surface area contributed by atoms with Crippen molar-refractivity contribution in [3.63, 3.8) is 0 Å². The van der Waals surface area contributed by atoms with E-state index in [1.54, 1.807) is 6.07 Å². The van der Waals surface area contributed by atoms with Crippen LogP contribution in [0.1, 0.15) is 25.3 Å². The standard InChI is InChI=1S/C16H19FN4O3/c1-10(22)20-14(9-11-4-2-5-12(17)8-11)16(24)21-13(15(19)23)6-3-7-18/h2,4-5,8,13-14H,3,6,9H2,1H3,(H2,19,23)(H,20,22)(H,21,24)/t13-,14+/m0/s1. The summed E-state index contributed by atoms with van der Waals surface area (Å²) in [4.78, 5) is 35.0. The van der Waals surface area contributed by atoms with Gasteiger partial charge in [0.1, 0.15) is 17.9 Å². The number of carbonyl (C=O) groups excluding carboxylic acids is 3. The summed E-state index contributed by atoms with van der Waals surface area (Å²) in [6, 6.07) is 5.49. The van der Waals surface area contributed by atoms with Crippen LogP contribution in [0, 0.1) is 17.1 Å². The number of carbonyl (C=O) groups is 3. The lowest BCUT2D eigenvalue weighted by molar-refractivity contribution is -0.130. The van der Waals surface area contributed by atoms with Crippen molar-refractivity contribution in [1.82, 2.24) is 10.6 Å². The molecular weight excluding hydrogens is 315 g/mol. The number of nitriles is 1. The summed E-state index contributed by atoms with van der Waals surface area (Å²) in [6.07, 6.45) is 0.166. The molecule has 1 aromatic rings. The van der Waals surface area contributed by atoms with Crippen molar-refractivity contribution in [3.8, 4) is 6.07 Å². The summed E-state index contributed by atoms with van der Waals surface area (Å²) in [7, 11) is 0. The van der Waals surface area contributed by atoms with Crippen LogP contribution in [-0.2, 0) is 20.8 Å². The van der Waals surface area contributed by atoms with Gasteiger partial charge in [-0.05, 0) is 24.1 Å². The Bertz CT molecular complexity index is 657. The molecule has 0 unspecified atom stereocenters. The summed E-state index contributed by atoms with van der Waals surface area (Å²) >= 11 is 0. The maximum Gasteiger partial charge on any atom is 0.243 e. The number of halogens is 1. The fourth-order valence-electron chi connectivity index (χ4n) is 2.12. The number of primary amides is 1. The van der Waals surface area contributed by atoms with Crippen LogP contribution in [0.4, 0.5) is 4.39 Å². The maximum absolute atomic E-state index is 13.3. The number of hydrogen-bond acceptors (Lipinski definition) is 4. The minimum Gasteiger partial charge on any atom is -0.368 e. The summed E-state index contributed by atoms with van der Waals surface area (Å²) in [5.74, 6) is -2.31. The number of hydrogen-bond donors (Lipinski definition) is 3. The Hall–Kier alpha value is -2.95. The molecular formula is C16H19FN4O3. The summed E-state index contributed by atoms with van der Waals surface area (Å²) in [5, 5.41) is 13.4. The van der Waals surface area contributed by atoms with Crippen LogP contribution in [0.2, 0.25) is 0 Å². The van der Waals surface area contributed by atoms with Gasteiger partial charge in [0.05, 0.1) is 6.07 Å². The van der Waals surface area contributed by atoms with E-state index in [4.69, 9.17) is 11.0 Å². The monoisotopic (exact) mass is 334 g/mol. The van der Waals surface area contributed by atoms with Gasteiger partial charge >= 0.3 is 0 Å². The minimum absolute atomic E-state index is 0.0442. The van der Waals surface area contributed by atoms with Gasteiger partial charge in [-0.15, -0.1) is 0 Å². The molecule has 8 heteroatoms. The van der Waals surface area contributed by atoms with Gasteiger partial charge in [0.2, 0.25) is 17.7 Å². The fourth-order valence-corrected chi connectivity index (χ4v) is 2.12. The molecule has 0 saturated heterocycles. The van der Waals surface area contributed by atoms with Gasteiger partial charge in [0.15, 0.2) is 0 Å². The fraction of sp³-hybridized carbons (Fsp3) is 0.375. The van der Waals surface area contributed by atoms with E-state index in [-0.39, 0.29) is 19.3 Å². The predicted octanol–water partition coefficient (Wildman–Crippen LogP) is 0.147. The van der Waals surface area contributed by atoms with Crippen LogP contribution in [0.5, 0.6) is 0 Å². The molecule has 0 heterocycles. The molecule has 0 fully saturated rings. The van der Waals surface area contributed by atoms with E-state index >= 15 is 0 Å². The molecule has 1 aromatic carbocycles.